The summed E-state index contributed by atoms with van der Waals surface area (Å²) in [5.74, 6) is -0.779. The quantitative estimate of drug-likeness (QED) is 0.804. The Morgan fingerprint density at radius 1 is 1.15 bits per heavy atom. The summed E-state index contributed by atoms with van der Waals surface area (Å²) in [6.45, 7) is 1.66. The zero-order valence-corrected chi connectivity index (χ0v) is 15.9. The molecule has 6 nitrogen and oxygen atoms in total. The topological polar surface area (TPSA) is 69.7 Å². The van der Waals surface area contributed by atoms with E-state index < -0.39 is 17.5 Å². The standard InChI is InChI=1S/C20H20ClN3O3/c1-20(15-8-4-3-5-9-15)18(26)24(19(27)22-20)13-17(25)23(2)12-14-7-6-10-16(21)11-14/h3-11H,12-13H2,1-2H3,(H,22,27). The van der Waals surface area contributed by atoms with E-state index in [0.717, 1.165) is 10.5 Å². The molecule has 3 rings (SSSR count). The number of imide groups is 1. The number of hydrogen-bond acceptors (Lipinski definition) is 3. The molecule has 0 radical (unpaired) electrons. The predicted octanol–water partition coefficient (Wildman–Crippen LogP) is 2.77. The van der Waals surface area contributed by atoms with Gasteiger partial charge < -0.3 is 10.2 Å². The number of nitrogens with zero attached hydrogens (tertiary/aromatic N) is 2. The fourth-order valence-corrected chi connectivity index (χ4v) is 3.27. The van der Waals surface area contributed by atoms with Gasteiger partial charge in [0.15, 0.2) is 0 Å². The second kappa shape index (κ2) is 7.40. The molecule has 1 unspecified atom stereocenters. The van der Waals surface area contributed by atoms with Crippen LogP contribution in [0.15, 0.2) is 54.6 Å². The Labute approximate surface area is 162 Å². The summed E-state index contributed by atoms with van der Waals surface area (Å²) in [6.07, 6.45) is 0. The molecule has 140 valence electrons. The van der Waals surface area contributed by atoms with Crippen LogP contribution >= 0.6 is 11.6 Å². The third-order valence-electron chi connectivity index (χ3n) is 4.65. The van der Waals surface area contributed by atoms with E-state index in [-0.39, 0.29) is 12.5 Å². The monoisotopic (exact) mass is 385 g/mol. The van der Waals surface area contributed by atoms with E-state index in [4.69, 9.17) is 11.6 Å². The highest BCUT2D eigenvalue weighted by Gasteiger charge is 2.49. The van der Waals surface area contributed by atoms with Gasteiger partial charge in [-0.15, -0.1) is 0 Å². The van der Waals surface area contributed by atoms with Gasteiger partial charge in [0.05, 0.1) is 0 Å². The Morgan fingerprint density at radius 3 is 2.52 bits per heavy atom. The van der Waals surface area contributed by atoms with Gasteiger partial charge in [0.1, 0.15) is 12.1 Å². The smallest absolute Gasteiger partial charge is 0.325 e. The first-order valence-corrected chi connectivity index (χ1v) is 8.87. The molecule has 27 heavy (non-hydrogen) atoms. The average molecular weight is 386 g/mol. The molecule has 2 aromatic rings. The van der Waals surface area contributed by atoms with Crippen molar-refractivity contribution in [1.82, 2.24) is 15.1 Å². The molecule has 1 N–H and O–H groups in total. The Morgan fingerprint density at radius 2 is 1.85 bits per heavy atom. The van der Waals surface area contributed by atoms with Crippen LogP contribution in [0.25, 0.3) is 0 Å². The Hall–Kier alpha value is -2.86. The Kier molecular flexibility index (Phi) is 5.19. The molecule has 1 saturated heterocycles. The number of likely N-dealkylation sites (N-methyl/N-ethyl adjacent to an activating group) is 1. The van der Waals surface area contributed by atoms with Gasteiger partial charge in [-0.1, -0.05) is 54.1 Å². The molecular weight excluding hydrogens is 366 g/mol. The van der Waals surface area contributed by atoms with Crippen LogP contribution in [0.4, 0.5) is 4.79 Å². The molecule has 1 heterocycles. The van der Waals surface area contributed by atoms with Crippen LogP contribution in [0.5, 0.6) is 0 Å². The third kappa shape index (κ3) is 3.80. The molecule has 1 aliphatic heterocycles. The number of urea groups is 1. The summed E-state index contributed by atoms with van der Waals surface area (Å²) in [7, 11) is 1.62. The minimum absolute atomic E-state index is 0.315. The van der Waals surface area contributed by atoms with Crippen LogP contribution in [0.2, 0.25) is 5.02 Å². The summed E-state index contributed by atoms with van der Waals surface area (Å²) in [5.41, 5.74) is 0.361. The SMILES string of the molecule is CN(Cc1cccc(Cl)c1)C(=O)CN1C(=O)NC(C)(c2ccccc2)C1=O. The largest absolute Gasteiger partial charge is 0.340 e. The van der Waals surface area contributed by atoms with Crippen molar-refractivity contribution >= 4 is 29.4 Å². The first-order valence-electron chi connectivity index (χ1n) is 8.49. The van der Waals surface area contributed by atoms with Gasteiger partial charge in [0, 0.05) is 18.6 Å². The van der Waals surface area contributed by atoms with Crippen LogP contribution < -0.4 is 5.32 Å². The molecule has 1 aliphatic rings. The maximum absolute atomic E-state index is 12.9. The molecule has 0 bridgehead atoms. The third-order valence-corrected chi connectivity index (χ3v) is 4.89. The summed E-state index contributed by atoms with van der Waals surface area (Å²) in [4.78, 5) is 40.2. The lowest BCUT2D eigenvalue weighted by Gasteiger charge is -2.23. The number of carbonyl (C=O) groups excluding carboxylic acids is 3. The fraction of sp³-hybridized carbons (Fsp3) is 0.250. The Balaban J connectivity index is 1.70. The highest BCUT2D eigenvalue weighted by molar-refractivity contribution is 6.30. The highest BCUT2D eigenvalue weighted by Crippen LogP contribution is 2.28. The van der Waals surface area contributed by atoms with E-state index in [9.17, 15) is 14.4 Å². The Bertz CT molecular complexity index is 887. The molecule has 1 atom stereocenters. The van der Waals surface area contributed by atoms with Crippen LogP contribution in [0.3, 0.4) is 0 Å². The van der Waals surface area contributed by atoms with Gasteiger partial charge in [-0.2, -0.15) is 0 Å². The van der Waals surface area contributed by atoms with E-state index in [1.165, 1.54) is 4.90 Å². The van der Waals surface area contributed by atoms with Crippen molar-refractivity contribution in [3.63, 3.8) is 0 Å². The number of benzene rings is 2. The highest BCUT2D eigenvalue weighted by atomic mass is 35.5. The van der Waals surface area contributed by atoms with Crippen LogP contribution in [-0.2, 0) is 21.7 Å². The van der Waals surface area contributed by atoms with Gasteiger partial charge in [-0.3, -0.25) is 14.5 Å². The van der Waals surface area contributed by atoms with Crippen LogP contribution in [-0.4, -0.2) is 41.2 Å². The minimum Gasteiger partial charge on any atom is -0.340 e. The molecule has 7 heteroatoms. The first-order chi connectivity index (χ1) is 12.8. The van der Waals surface area contributed by atoms with Crippen molar-refractivity contribution in [3.05, 3.63) is 70.7 Å². The number of halogens is 1. The molecular formula is C20H20ClN3O3. The van der Waals surface area contributed by atoms with Crippen molar-refractivity contribution in [3.8, 4) is 0 Å². The van der Waals surface area contributed by atoms with E-state index in [1.807, 2.05) is 12.1 Å². The zero-order chi connectivity index (χ0) is 19.6. The molecule has 0 spiro atoms. The number of carbonyl (C=O) groups is 3. The van der Waals surface area contributed by atoms with Gasteiger partial charge >= 0.3 is 6.03 Å². The van der Waals surface area contributed by atoms with Gasteiger partial charge in [0.2, 0.25) is 5.91 Å². The van der Waals surface area contributed by atoms with Crippen molar-refractivity contribution in [2.24, 2.45) is 0 Å². The van der Waals surface area contributed by atoms with Crippen LogP contribution in [0, 0.1) is 0 Å². The van der Waals surface area contributed by atoms with E-state index in [1.54, 1.807) is 56.4 Å². The minimum atomic E-state index is -1.18. The maximum Gasteiger partial charge on any atom is 0.325 e. The second-order valence-electron chi connectivity index (χ2n) is 6.69. The second-order valence-corrected chi connectivity index (χ2v) is 7.13. The van der Waals surface area contributed by atoms with E-state index >= 15 is 0 Å². The number of amides is 4. The summed E-state index contributed by atoms with van der Waals surface area (Å²) in [5, 5.41) is 3.28. The van der Waals surface area contributed by atoms with Crippen molar-refractivity contribution in [2.45, 2.75) is 19.0 Å². The molecule has 0 aliphatic carbocycles. The fourth-order valence-electron chi connectivity index (χ4n) is 3.06. The van der Waals surface area contributed by atoms with E-state index in [0.29, 0.717) is 17.1 Å². The summed E-state index contributed by atoms with van der Waals surface area (Å²) in [6, 6.07) is 15.6. The first kappa shape index (κ1) is 18.9. The average Bonchev–Trinajstić information content (AvgIpc) is 2.86. The van der Waals surface area contributed by atoms with E-state index in [2.05, 4.69) is 5.32 Å². The summed E-state index contributed by atoms with van der Waals surface area (Å²) >= 11 is 5.96. The van der Waals surface area contributed by atoms with Gasteiger partial charge in [0.25, 0.3) is 5.91 Å². The van der Waals surface area contributed by atoms with Gasteiger partial charge in [-0.05, 0) is 30.2 Å². The molecule has 2 aromatic carbocycles. The lowest BCUT2D eigenvalue weighted by Crippen LogP contribution is -2.43. The molecule has 4 amide bonds. The number of hydrogen-bond donors (Lipinski definition) is 1. The molecule has 1 fully saturated rings. The lowest BCUT2D eigenvalue weighted by molar-refractivity contribution is -0.138. The molecule has 0 saturated carbocycles. The van der Waals surface area contributed by atoms with Crippen LogP contribution in [0.1, 0.15) is 18.1 Å². The molecule has 0 aromatic heterocycles. The number of rotatable bonds is 5. The zero-order valence-electron chi connectivity index (χ0n) is 15.1. The summed E-state index contributed by atoms with van der Waals surface area (Å²) < 4.78 is 0. The predicted molar refractivity (Wildman–Crippen MR) is 102 cm³/mol. The van der Waals surface area contributed by atoms with Crippen molar-refractivity contribution in [2.75, 3.05) is 13.6 Å². The maximum atomic E-state index is 12.9. The number of nitrogens with one attached hydrogen (secondary N) is 1. The van der Waals surface area contributed by atoms with Crippen molar-refractivity contribution in [1.29, 1.82) is 0 Å². The normalized spacial score (nSPS) is 19.1. The van der Waals surface area contributed by atoms with Gasteiger partial charge in [-0.25, -0.2) is 4.79 Å². The lowest BCUT2D eigenvalue weighted by atomic mass is 9.92. The van der Waals surface area contributed by atoms with Crippen molar-refractivity contribution < 1.29 is 14.4 Å².